The van der Waals surface area contributed by atoms with Gasteiger partial charge in [-0.25, -0.2) is 4.98 Å². The summed E-state index contributed by atoms with van der Waals surface area (Å²) in [7, 11) is 1.63. The van der Waals surface area contributed by atoms with E-state index in [0.29, 0.717) is 35.9 Å². The molecule has 2 aromatic carbocycles. The average molecular weight is 410 g/mol. The molecule has 0 aliphatic heterocycles. The van der Waals surface area contributed by atoms with Crippen molar-refractivity contribution in [1.82, 2.24) is 4.98 Å². The number of nitrogens with zero attached hydrogens (tertiary/aromatic N) is 1. The number of ketones is 1. The van der Waals surface area contributed by atoms with Crippen molar-refractivity contribution in [2.75, 3.05) is 19.0 Å². The number of carbonyl (C=O) groups excluding carboxylic acids is 2. The maximum atomic E-state index is 12.1. The van der Waals surface area contributed by atoms with Gasteiger partial charge in [-0.15, -0.1) is 11.3 Å². The first-order valence-electron chi connectivity index (χ1n) is 9.19. The highest BCUT2D eigenvalue weighted by molar-refractivity contribution is 7.14. The number of hydrogen-bond acceptors (Lipinski definition) is 6. The SMILES string of the molecule is COc1ccc(-c2csc(NC(=O)CCCOc3ccc(C(C)=O)cc3)n2)cc1. The maximum absolute atomic E-state index is 12.1. The molecular weight excluding hydrogens is 388 g/mol. The zero-order chi connectivity index (χ0) is 20.6. The van der Waals surface area contributed by atoms with Crippen LogP contribution in [0.2, 0.25) is 0 Å². The summed E-state index contributed by atoms with van der Waals surface area (Å²) < 4.78 is 10.8. The van der Waals surface area contributed by atoms with Crippen molar-refractivity contribution in [2.24, 2.45) is 0 Å². The number of methoxy groups -OCH3 is 1. The number of ether oxygens (including phenoxy) is 2. The first-order valence-corrected chi connectivity index (χ1v) is 10.1. The smallest absolute Gasteiger partial charge is 0.226 e. The lowest BCUT2D eigenvalue weighted by molar-refractivity contribution is -0.116. The third-order valence-electron chi connectivity index (χ3n) is 4.21. The second kappa shape index (κ2) is 9.84. The van der Waals surface area contributed by atoms with E-state index in [9.17, 15) is 9.59 Å². The molecular formula is C22H22N2O4S. The van der Waals surface area contributed by atoms with Gasteiger partial charge in [0.1, 0.15) is 11.5 Å². The molecule has 1 aromatic heterocycles. The Hall–Kier alpha value is -3.19. The third kappa shape index (κ3) is 5.89. The van der Waals surface area contributed by atoms with E-state index < -0.39 is 0 Å². The van der Waals surface area contributed by atoms with E-state index in [1.54, 1.807) is 31.4 Å². The highest BCUT2D eigenvalue weighted by Crippen LogP contribution is 2.26. The standard InChI is InChI=1S/C22H22N2O4S/c1-15(25)16-5-11-19(12-6-16)28-13-3-4-21(26)24-22-23-20(14-29-22)17-7-9-18(27-2)10-8-17/h5-12,14H,3-4,13H2,1-2H3,(H,23,24,26). The molecule has 0 aliphatic rings. The fraction of sp³-hybridized carbons (Fsp3) is 0.227. The number of Topliss-reactive ketones (excluding diaryl/α,β-unsaturated/α-hetero) is 1. The van der Waals surface area contributed by atoms with Gasteiger partial charge in [0.15, 0.2) is 10.9 Å². The minimum atomic E-state index is -0.101. The van der Waals surface area contributed by atoms with Crippen LogP contribution in [0.1, 0.15) is 30.1 Å². The molecule has 3 rings (SSSR count). The summed E-state index contributed by atoms with van der Waals surface area (Å²) in [6.07, 6.45) is 0.917. The van der Waals surface area contributed by atoms with Gasteiger partial charge in [0.2, 0.25) is 5.91 Å². The number of nitrogens with one attached hydrogen (secondary N) is 1. The van der Waals surface area contributed by atoms with Gasteiger partial charge in [-0.2, -0.15) is 0 Å². The molecule has 0 fully saturated rings. The van der Waals surface area contributed by atoms with Crippen LogP contribution in [0.3, 0.4) is 0 Å². The summed E-state index contributed by atoms with van der Waals surface area (Å²) in [5, 5.41) is 5.30. The third-order valence-corrected chi connectivity index (χ3v) is 4.97. The molecule has 0 saturated carbocycles. The number of carbonyl (C=O) groups is 2. The zero-order valence-electron chi connectivity index (χ0n) is 16.3. The predicted molar refractivity (Wildman–Crippen MR) is 114 cm³/mol. The van der Waals surface area contributed by atoms with Gasteiger partial charge in [-0.3, -0.25) is 9.59 Å². The van der Waals surface area contributed by atoms with Gasteiger partial charge in [-0.05, 0) is 61.9 Å². The number of anilines is 1. The lowest BCUT2D eigenvalue weighted by Crippen LogP contribution is -2.12. The molecule has 150 valence electrons. The molecule has 0 aliphatic carbocycles. The molecule has 0 spiro atoms. The van der Waals surface area contributed by atoms with Crippen LogP contribution in [0.15, 0.2) is 53.9 Å². The van der Waals surface area contributed by atoms with E-state index in [1.165, 1.54) is 18.3 Å². The monoisotopic (exact) mass is 410 g/mol. The summed E-state index contributed by atoms with van der Waals surface area (Å²) in [5.74, 6) is 1.38. The Kier molecular flexibility index (Phi) is 6.97. The van der Waals surface area contributed by atoms with E-state index in [4.69, 9.17) is 9.47 Å². The van der Waals surface area contributed by atoms with Gasteiger partial charge in [0, 0.05) is 22.9 Å². The molecule has 1 heterocycles. The van der Waals surface area contributed by atoms with Crippen LogP contribution in [0.25, 0.3) is 11.3 Å². The maximum Gasteiger partial charge on any atom is 0.226 e. The first kappa shape index (κ1) is 20.5. The van der Waals surface area contributed by atoms with E-state index >= 15 is 0 Å². The van der Waals surface area contributed by atoms with Crippen LogP contribution in [-0.4, -0.2) is 30.4 Å². The molecule has 1 N–H and O–H groups in total. The summed E-state index contributed by atoms with van der Waals surface area (Å²) in [6, 6.07) is 14.6. The normalized spacial score (nSPS) is 10.4. The minimum absolute atomic E-state index is 0.0190. The number of rotatable bonds is 9. The van der Waals surface area contributed by atoms with Crippen LogP contribution in [0.4, 0.5) is 5.13 Å². The summed E-state index contributed by atoms with van der Waals surface area (Å²) in [6.45, 7) is 1.94. The largest absolute Gasteiger partial charge is 0.497 e. The predicted octanol–water partition coefficient (Wildman–Crippen LogP) is 4.82. The van der Waals surface area contributed by atoms with Crippen LogP contribution >= 0.6 is 11.3 Å². The Labute approximate surface area is 173 Å². The van der Waals surface area contributed by atoms with Gasteiger partial charge in [0.25, 0.3) is 0 Å². The van der Waals surface area contributed by atoms with E-state index in [-0.39, 0.29) is 11.7 Å². The van der Waals surface area contributed by atoms with Crippen molar-refractivity contribution >= 4 is 28.2 Å². The summed E-state index contributed by atoms with van der Waals surface area (Å²) in [5.41, 5.74) is 2.42. The average Bonchev–Trinajstić information content (AvgIpc) is 3.20. The molecule has 29 heavy (non-hydrogen) atoms. The molecule has 7 heteroatoms. The van der Waals surface area contributed by atoms with Crippen molar-refractivity contribution in [1.29, 1.82) is 0 Å². The highest BCUT2D eigenvalue weighted by Gasteiger charge is 2.09. The summed E-state index contributed by atoms with van der Waals surface area (Å²) in [4.78, 5) is 27.8. The second-order valence-electron chi connectivity index (χ2n) is 6.35. The van der Waals surface area contributed by atoms with Crippen molar-refractivity contribution in [3.05, 3.63) is 59.5 Å². The van der Waals surface area contributed by atoms with Crippen LogP contribution in [0.5, 0.6) is 11.5 Å². The first-order chi connectivity index (χ1) is 14.0. The molecule has 1 amide bonds. The van der Waals surface area contributed by atoms with Gasteiger partial charge in [-0.1, -0.05) is 0 Å². The topological polar surface area (TPSA) is 77.5 Å². The van der Waals surface area contributed by atoms with Crippen LogP contribution in [0, 0.1) is 0 Å². The Morgan fingerprint density at radius 3 is 2.38 bits per heavy atom. The molecule has 0 bridgehead atoms. The van der Waals surface area contributed by atoms with E-state index in [2.05, 4.69) is 10.3 Å². The van der Waals surface area contributed by atoms with Crippen molar-refractivity contribution in [3.8, 4) is 22.8 Å². The van der Waals surface area contributed by atoms with Gasteiger partial charge < -0.3 is 14.8 Å². The Balaban J connectivity index is 1.42. The van der Waals surface area contributed by atoms with Gasteiger partial charge >= 0.3 is 0 Å². The van der Waals surface area contributed by atoms with Crippen molar-refractivity contribution in [3.63, 3.8) is 0 Å². The lowest BCUT2D eigenvalue weighted by atomic mass is 10.1. The lowest BCUT2D eigenvalue weighted by Gasteiger charge is -2.06. The fourth-order valence-electron chi connectivity index (χ4n) is 2.62. The quantitative estimate of drug-likeness (QED) is 0.404. The van der Waals surface area contributed by atoms with Gasteiger partial charge in [0.05, 0.1) is 19.4 Å². The molecule has 0 atom stereocenters. The molecule has 0 radical (unpaired) electrons. The Bertz CT molecular complexity index is 965. The number of hydrogen-bond donors (Lipinski definition) is 1. The fourth-order valence-corrected chi connectivity index (χ4v) is 3.35. The Morgan fingerprint density at radius 1 is 1.03 bits per heavy atom. The van der Waals surface area contributed by atoms with Crippen molar-refractivity contribution < 1.29 is 19.1 Å². The van der Waals surface area contributed by atoms with Crippen molar-refractivity contribution in [2.45, 2.75) is 19.8 Å². The number of aromatic nitrogens is 1. The molecule has 3 aromatic rings. The van der Waals surface area contributed by atoms with Crippen LogP contribution in [-0.2, 0) is 4.79 Å². The molecule has 6 nitrogen and oxygen atoms in total. The number of benzene rings is 2. The highest BCUT2D eigenvalue weighted by atomic mass is 32.1. The second-order valence-corrected chi connectivity index (χ2v) is 7.21. The van der Waals surface area contributed by atoms with Crippen LogP contribution < -0.4 is 14.8 Å². The molecule has 0 saturated heterocycles. The summed E-state index contributed by atoms with van der Waals surface area (Å²) >= 11 is 1.39. The van der Waals surface area contributed by atoms with E-state index in [1.807, 2.05) is 29.6 Å². The Morgan fingerprint density at radius 2 is 1.72 bits per heavy atom. The van der Waals surface area contributed by atoms with E-state index in [0.717, 1.165) is 17.0 Å². The minimum Gasteiger partial charge on any atom is -0.497 e. The number of amides is 1. The molecule has 0 unspecified atom stereocenters. The number of thiazole rings is 1. The zero-order valence-corrected chi connectivity index (χ0v) is 17.1.